The van der Waals surface area contributed by atoms with E-state index in [-0.39, 0.29) is 23.1 Å². The Hall–Kier alpha value is -2.68. The molecule has 0 aliphatic carbocycles. The lowest BCUT2D eigenvalue weighted by atomic mass is 10.1. The minimum atomic E-state index is -4.59. The molecule has 27 heavy (non-hydrogen) atoms. The summed E-state index contributed by atoms with van der Waals surface area (Å²) in [7, 11) is 0. The molecule has 1 atom stereocenters. The van der Waals surface area contributed by atoms with Crippen molar-refractivity contribution in [2.75, 3.05) is 19.6 Å². The zero-order valence-corrected chi connectivity index (χ0v) is 14.9. The van der Waals surface area contributed by atoms with Crippen molar-refractivity contribution in [3.05, 3.63) is 57.5 Å². The van der Waals surface area contributed by atoms with E-state index in [1.807, 2.05) is 6.92 Å². The van der Waals surface area contributed by atoms with Gasteiger partial charge in [-0.25, -0.2) is 4.68 Å². The second-order valence-electron chi connectivity index (χ2n) is 6.48. The topological polar surface area (TPSA) is 67.2 Å². The monoisotopic (exact) mass is 380 g/mol. The first-order valence-corrected chi connectivity index (χ1v) is 8.49. The van der Waals surface area contributed by atoms with Gasteiger partial charge < -0.3 is 10.2 Å². The first-order chi connectivity index (χ1) is 12.7. The van der Waals surface area contributed by atoms with Gasteiger partial charge in [-0.2, -0.15) is 18.3 Å². The maximum Gasteiger partial charge on any atom is 0.418 e. The van der Waals surface area contributed by atoms with Gasteiger partial charge in [-0.1, -0.05) is 12.1 Å². The third-order valence-corrected chi connectivity index (χ3v) is 4.51. The molecule has 1 aromatic heterocycles. The van der Waals surface area contributed by atoms with Gasteiger partial charge in [-0.3, -0.25) is 9.59 Å². The predicted molar refractivity (Wildman–Crippen MR) is 92.9 cm³/mol. The predicted octanol–water partition coefficient (Wildman–Crippen LogP) is 1.99. The van der Waals surface area contributed by atoms with Gasteiger partial charge >= 0.3 is 6.18 Å². The van der Waals surface area contributed by atoms with E-state index in [0.717, 1.165) is 16.8 Å². The van der Waals surface area contributed by atoms with Crippen LogP contribution in [-0.2, 0) is 6.18 Å². The van der Waals surface area contributed by atoms with E-state index in [4.69, 9.17) is 0 Å². The van der Waals surface area contributed by atoms with Gasteiger partial charge in [0.25, 0.3) is 5.91 Å². The Balaban J connectivity index is 2.11. The normalized spacial score (nSPS) is 17.8. The molecule has 1 amide bonds. The standard InChI is InChI=1S/C18H19F3N4O2/c1-11-9-15(26)16(17(27)24-8-7-22-10-12(24)2)23-25(11)14-6-4-3-5-13(14)18(19,20)21/h3-6,9,12,22H,7-8,10H2,1-2H3. The van der Waals surface area contributed by atoms with Gasteiger partial charge in [0.15, 0.2) is 5.69 Å². The number of amides is 1. The number of nitrogens with one attached hydrogen (secondary N) is 1. The lowest BCUT2D eigenvalue weighted by Crippen LogP contribution is -2.53. The molecule has 0 spiro atoms. The van der Waals surface area contributed by atoms with Crippen LogP contribution in [0.5, 0.6) is 0 Å². The fraction of sp³-hybridized carbons (Fsp3) is 0.389. The molecule has 1 aliphatic rings. The second-order valence-corrected chi connectivity index (χ2v) is 6.48. The first kappa shape index (κ1) is 19.1. The molecule has 0 bridgehead atoms. The Kier molecular flexibility index (Phi) is 5.05. The summed E-state index contributed by atoms with van der Waals surface area (Å²) in [6.07, 6.45) is -4.59. The van der Waals surface area contributed by atoms with Crippen molar-refractivity contribution < 1.29 is 18.0 Å². The Morgan fingerprint density at radius 2 is 2.00 bits per heavy atom. The number of aryl methyl sites for hydroxylation is 1. The SMILES string of the molecule is Cc1cc(=O)c(C(=O)N2CCNCC2C)nn1-c1ccccc1C(F)(F)F. The summed E-state index contributed by atoms with van der Waals surface area (Å²) in [4.78, 5) is 26.7. The largest absolute Gasteiger partial charge is 0.418 e. The second kappa shape index (κ2) is 7.15. The molecule has 2 aromatic rings. The van der Waals surface area contributed by atoms with Crippen LogP contribution in [0.3, 0.4) is 0 Å². The molecule has 1 aromatic carbocycles. The number of alkyl halides is 3. The van der Waals surface area contributed by atoms with Crippen LogP contribution in [0.4, 0.5) is 13.2 Å². The van der Waals surface area contributed by atoms with Gasteiger partial charge in [-0.15, -0.1) is 0 Å². The first-order valence-electron chi connectivity index (χ1n) is 8.49. The highest BCUT2D eigenvalue weighted by Crippen LogP contribution is 2.33. The van der Waals surface area contributed by atoms with Crippen LogP contribution in [0.15, 0.2) is 35.1 Å². The van der Waals surface area contributed by atoms with Crippen LogP contribution >= 0.6 is 0 Å². The van der Waals surface area contributed by atoms with E-state index in [1.165, 1.54) is 30.0 Å². The molecule has 3 rings (SSSR count). The number of rotatable bonds is 2. The molecule has 1 N–H and O–H groups in total. The number of halogens is 3. The highest BCUT2D eigenvalue weighted by atomic mass is 19.4. The van der Waals surface area contributed by atoms with E-state index < -0.39 is 23.1 Å². The quantitative estimate of drug-likeness (QED) is 0.865. The Morgan fingerprint density at radius 1 is 1.30 bits per heavy atom. The Morgan fingerprint density at radius 3 is 2.67 bits per heavy atom. The molecule has 0 radical (unpaired) electrons. The Bertz CT molecular complexity index is 924. The molecule has 2 heterocycles. The van der Waals surface area contributed by atoms with E-state index >= 15 is 0 Å². The van der Waals surface area contributed by atoms with Crippen molar-refractivity contribution in [3.63, 3.8) is 0 Å². The van der Waals surface area contributed by atoms with Gasteiger partial charge in [-0.05, 0) is 26.0 Å². The van der Waals surface area contributed by atoms with Crippen molar-refractivity contribution >= 4 is 5.91 Å². The summed E-state index contributed by atoms with van der Waals surface area (Å²) < 4.78 is 41.1. The Labute approximate surface area is 153 Å². The summed E-state index contributed by atoms with van der Waals surface area (Å²) >= 11 is 0. The fourth-order valence-electron chi connectivity index (χ4n) is 3.12. The highest BCUT2D eigenvalue weighted by molar-refractivity contribution is 5.92. The summed E-state index contributed by atoms with van der Waals surface area (Å²) in [5.74, 6) is -0.577. The lowest BCUT2D eigenvalue weighted by Gasteiger charge is -2.33. The molecule has 1 unspecified atom stereocenters. The minimum Gasteiger partial charge on any atom is -0.332 e. The van der Waals surface area contributed by atoms with Gasteiger partial charge in [0.05, 0.1) is 11.3 Å². The summed E-state index contributed by atoms with van der Waals surface area (Å²) in [5, 5.41) is 7.15. The van der Waals surface area contributed by atoms with Crippen molar-refractivity contribution in [1.82, 2.24) is 20.0 Å². The van der Waals surface area contributed by atoms with Crippen LogP contribution in [0.2, 0.25) is 0 Å². The molecule has 144 valence electrons. The van der Waals surface area contributed by atoms with Gasteiger partial charge in [0, 0.05) is 37.4 Å². The molecule has 1 fully saturated rings. The third kappa shape index (κ3) is 3.73. The zero-order chi connectivity index (χ0) is 19.8. The average Bonchev–Trinajstić information content (AvgIpc) is 2.61. The average molecular weight is 380 g/mol. The van der Waals surface area contributed by atoms with Crippen LogP contribution in [-0.4, -0.2) is 46.3 Å². The van der Waals surface area contributed by atoms with E-state index in [0.29, 0.717) is 19.6 Å². The van der Waals surface area contributed by atoms with Crippen molar-refractivity contribution in [1.29, 1.82) is 0 Å². The number of carbonyl (C=O) groups excluding carboxylic acids is 1. The molecular weight excluding hydrogens is 361 g/mol. The molecular formula is C18H19F3N4O2. The number of para-hydroxylation sites is 1. The third-order valence-electron chi connectivity index (χ3n) is 4.51. The molecule has 1 saturated heterocycles. The molecule has 1 aliphatic heterocycles. The number of carbonyl (C=O) groups is 1. The summed E-state index contributed by atoms with van der Waals surface area (Å²) in [6, 6.07) is 5.91. The maximum absolute atomic E-state index is 13.4. The molecule has 9 heteroatoms. The van der Waals surface area contributed by atoms with E-state index in [9.17, 15) is 22.8 Å². The van der Waals surface area contributed by atoms with Crippen molar-refractivity contribution in [2.24, 2.45) is 0 Å². The number of piperazine rings is 1. The summed E-state index contributed by atoms with van der Waals surface area (Å²) in [6.45, 7) is 4.85. The number of hydrogen-bond donors (Lipinski definition) is 1. The number of aromatic nitrogens is 2. The minimum absolute atomic E-state index is 0.148. The molecule has 0 saturated carbocycles. The zero-order valence-electron chi connectivity index (χ0n) is 14.9. The number of benzene rings is 1. The highest BCUT2D eigenvalue weighted by Gasteiger charge is 2.34. The van der Waals surface area contributed by atoms with Crippen LogP contribution in [0, 0.1) is 6.92 Å². The lowest BCUT2D eigenvalue weighted by molar-refractivity contribution is -0.137. The van der Waals surface area contributed by atoms with Crippen molar-refractivity contribution in [3.8, 4) is 5.69 Å². The van der Waals surface area contributed by atoms with Gasteiger partial charge in [0.2, 0.25) is 5.43 Å². The van der Waals surface area contributed by atoms with E-state index in [1.54, 1.807) is 0 Å². The number of hydrogen-bond acceptors (Lipinski definition) is 4. The van der Waals surface area contributed by atoms with E-state index in [2.05, 4.69) is 10.4 Å². The van der Waals surface area contributed by atoms with Crippen molar-refractivity contribution in [2.45, 2.75) is 26.1 Å². The maximum atomic E-state index is 13.4. The smallest absolute Gasteiger partial charge is 0.332 e. The van der Waals surface area contributed by atoms with Crippen LogP contribution in [0.1, 0.15) is 28.7 Å². The number of nitrogens with zero attached hydrogens (tertiary/aromatic N) is 3. The fourth-order valence-corrected chi connectivity index (χ4v) is 3.12. The van der Waals surface area contributed by atoms with Crippen LogP contribution in [0.25, 0.3) is 5.69 Å². The molecule has 6 nitrogen and oxygen atoms in total. The van der Waals surface area contributed by atoms with Crippen LogP contribution < -0.4 is 10.7 Å². The summed E-state index contributed by atoms with van der Waals surface area (Å²) in [5.41, 5.74) is -1.90. The van der Waals surface area contributed by atoms with Gasteiger partial charge in [0.1, 0.15) is 0 Å².